The number of carbonyl (C=O) groups excluding carboxylic acids is 1. The van der Waals surface area contributed by atoms with Crippen LogP contribution in [0, 0.1) is 6.92 Å². The molecule has 2 N–H and O–H groups in total. The SMILES string of the molecule is COCCn1c(CO)nnc1C1CC(NC(=O)c2cccc3cc(C)oc23)C1. The molecule has 1 aliphatic rings. The van der Waals surface area contributed by atoms with Crippen LogP contribution in [0.25, 0.3) is 11.0 Å². The number of hydrogen-bond acceptors (Lipinski definition) is 6. The first-order valence-electron chi connectivity index (χ1n) is 9.42. The molecule has 0 spiro atoms. The standard InChI is InChI=1S/C20H24N4O4/c1-12-8-13-4-3-5-16(18(13)28-12)20(26)21-15-9-14(10-15)19-23-22-17(11-25)24(19)6-7-27-2/h3-5,8,14-15,25H,6-7,9-11H2,1-2H3,(H,21,26). The largest absolute Gasteiger partial charge is 0.461 e. The number of ether oxygens (including phenoxy) is 1. The summed E-state index contributed by atoms with van der Waals surface area (Å²) in [5.41, 5.74) is 1.18. The fourth-order valence-electron chi connectivity index (χ4n) is 3.77. The van der Waals surface area contributed by atoms with Gasteiger partial charge in [-0.1, -0.05) is 12.1 Å². The van der Waals surface area contributed by atoms with Gasteiger partial charge in [-0.05, 0) is 31.9 Å². The molecule has 0 aliphatic heterocycles. The lowest BCUT2D eigenvalue weighted by atomic mass is 9.79. The van der Waals surface area contributed by atoms with Crippen LogP contribution in [0.1, 0.15) is 46.5 Å². The Balaban J connectivity index is 1.42. The van der Waals surface area contributed by atoms with Gasteiger partial charge in [0, 0.05) is 31.0 Å². The zero-order chi connectivity index (χ0) is 19.7. The number of hydrogen-bond donors (Lipinski definition) is 2. The van der Waals surface area contributed by atoms with Crippen LogP contribution >= 0.6 is 0 Å². The number of rotatable bonds is 7. The number of aliphatic hydroxyl groups excluding tert-OH is 1. The Labute approximate surface area is 162 Å². The zero-order valence-electron chi connectivity index (χ0n) is 16.0. The molecule has 1 fully saturated rings. The van der Waals surface area contributed by atoms with Crippen LogP contribution in [0.2, 0.25) is 0 Å². The van der Waals surface area contributed by atoms with Crippen molar-refractivity contribution in [1.82, 2.24) is 20.1 Å². The molecule has 2 heterocycles. The first kappa shape index (κ1) is 18.6. The van der Waals surface area contributed by atoms with Crippen LogP contribution < -0.4 is 5.32 Å². The van der Waals surface area contributed by atoms with Crippen molar-refractivity contribution in [1.29, 1.82) is 0 Å². The summed E-state index contributed by atoms with van der Waals surface area (Å²) >= 11 is 0. The van der Waals surface area contributed by atoms with E-state index in [2.05, 4.69) is 15.5 Å². The van der Waals surface area contributed by atoms with Gasteiger partial charge in [0.1, 0.15) is 23.8 Å². The van der Waals surface area contributed by atoms with Gasteiger partial charge in [0.2, 0.25) is 0 Å². The number of fused-ring (bicyclic) bond motifs is 1. The molecule has 0 bridgehead atoms. The summed E-state index contributed by atoms with van der Waals surface area (Å²) in [5, 5.41) is 21.8. The summed E-state index contributed by atoms with van der Waals surface area (Å²) in [6.07, 6.45) is 1.57. The minimum atomic E-state index is -0.157. The van der Waals surface area contributed by atoms with Crippen molar-refractivity contribution in [2.45, 2.75) is 44.9 Å². The number of aromatic nitrogens is 3. The summed E-state index contributed by atoms with van der Waals surface area (Å²) in [7, 11) is 1.64. The molecule has 2 aromatic heterocycles. The van der Waals surface area contributed by atoms with E-state index in [0.717, 1.165) is 29.8 Å². The third kappa shape index (κ3) is 3.41. The molecule has 148 valence electrons. The molecule has 1 aliphatic carbocycles. The maximum atomic E-state index is 12.7. The Morgan fingerprint density at radius 1 is 1.39 bits per heavy atom. The van der Waals surface area contributed by atoms with E-state index in [-0.39, 0.29) is 24.5 Å². The molecule has 8 heteroatoms. The summed E-state index contributed by atoms with van der Waals surface area (Å²) in [6, 6.07) is 7.59. The number of amides is 1. The summed E-state index contributed by atoms with van der Waals surface area (Å²) in [5.74, 6) is 2.25. The molecule has 4 rings (SSSR count). The van der Waals surface area contributed by atoms with Crippen LogP contribution in [0.5, 0.6) is 0 Å². The summed E-state index contributed by atoms with van der Waals surface area (Å²) in [6.45, 7) is 2.84. The van der Waals surface area contributed by atoms with Crippen LogP contribution in [0.3, 0.4) is 0 Å². The van der Waals surface area contributed by atoms with Crippen molar-refractivity contribution >= 4 is 16.9 Å². The zero-order valence-corrected chi connectivity index (χ0v) is 16.0. The lowest BCUT2D eigenvalue weighted by Crippen LogP contribution is -2.44. The number of nitrogens with one attached hydrogen (secondary N) is 1. The van der Waals surface area contributed by atoms with Gasteiger partial charge in [-0.2, -0.15) is 0 Å². The second-order valence-corrected chi connectivity index (χ2v) is 7.20. The van der Waals surface area contributed by atoms with Crippen molar-refractivity contribution < 1.29 is 19.1 Å². The van der Waals surface area contributed by atoms with Gasteiger partial charge in [-0.3, -0.25) is 4.79 Å². The van der Waals surface area contributed by atoms with Crippen LogP contribution in [-0.4, -0.2) is 45.5 Å². The second-order valence-electron chi connectivity index (χ2n) is 7.20. The summed E-state index contributed by atoms with van der Waals surface area (Å²) < 4.78 is 12.7. The topological polar surface area (TPSA) is 102 Å². The predicted octanol–water partition coefficient (Wildman–Crippen LogP) is 2.15. The van der Waals surface area contributed by atoms with Gasteiger partial charge in [-0.25, -0.2) is 0 Å². The predicted molar refractivity (Wildman–Crippen MR) is 102 cm³/mol. The van der Waals surface area contributed by atoms with Gasteiger partial charge in [0.25, 0.3) is 5.91 Å². The lowest BCUT2D eigenvalue weighted by molar-refractivity contribution is 0.0907. The fourth-order valence-corrected chi connectivity index (χ4v) is 3.77. The number of furan rings is 1. The average molecular weight is 384 g/mol. The molecule has 1 aromatic carbocycles. The minimum Gasteiger partial charge on any atom is -0.461 e. The van der Waals surface area contributed by atoms with Crippen molar-refractivity contribution in [2.75, 3.05) is 13.7 Å². The molecule has 0 unspecified atom stereocenters. The monoisotopic (exact) mass is 384 g/mol. The van der Waals surface area contributed by atoms with E-state index in [9.17, 15) is 9.90 Å². The number of aryl methyl sites for hydroxylation is 1. The second kappa shape index (κ2) is 7.73. The summed E-state index contributed by atoms with van der Waals surface area (Å²) in [4.78, 5) is 12.7. The highest BCUT2D eigenvalue weighted by Crippen LogP contribution is 2.36. The van der Waals surface area contributed by atoms with E-state index < -0.39 is 0 Å². The molecule has 3 aromatic rings. The lowest BCUT2D eigenvalue weighted by Gasteiger charge is -2.35. The first-order valence-corrected chi connectivity index (χ1v) is 9.42. The van der Waals surface area contributed by atoms with E-state index in [1.54, 1.807) is 13.2 Å². The van der Waals surface area contributed by atoms with Crippen molar-refractivity contribution in [2.24, 2.45) is 0 Å². The number of benzene rings is 1. The number of aliphatic hydroxyl groups is 1. The molecule has 1 amide bonds. The molecule has 0 saturated heterocycles. The molecule has 28 heavy (non-hydrogen) atoms. The van der Waals surface area contributed by atoms with Gasteiger partial charge in [0.05, 0.1) is 12.2 Å². The Kier molecular flexibility index (Phi) is 5.15. The molecular weight excluding hydrogens is 360 g/mol. The van der Waals surface area contributed by atoms with Crippen LogP contribution in [0.4, 0.5) is 0 Å². The molecule has 0 atom stereocenters. The van der Waals surface area contributed by atoms with E-state index in [1.807, 2.05) is 29.7 Å². The molecule has 1 saturated carbocycles. The van der Waals surface area contributed by atoms with Crippen molar-refractivity contribution in [3.8, 4) is 0 Å². The highest BCUT2D eigenvalue weighted by atomic mass is 16.5. The Morgan fingerprint density at radius 3 is 2.96 bits per heavy atom. The van der Waals surface area contributed by atoms with Gasteiger partial charge in [0.15, 0.2) is 5.82 Å². The van der Waals surface area contributed by atoms with Crippen LogP contribution in [0.15, 0.2) is 28.7 Å². The first-order chi connectivity index (χ1) is 13.6. The van der Waals surface area contributed by atoms with Gasteiger partial charge in [-0.15, -0.1) is 10.2 Å². The van der Waals surface area contributed by atoms with E-state index >= 15 is 0 Å². The van der Waals surface area contributed by atoms with E-state index in [4.69, 9.17) is 9.15 Å². The van der Waals surface area contributed by atoms with Crippen molar-refractivity contribution in [3.63, 3.8) is 0 Å². The third-order valence-electron chi connectivity index (χ3n) is 5.27. The number of methoxy groups -OCH3 is 1. The van der Waals surface area contributed by atoms with Gasteiger partial charge < -0.3 is 24.1 Å². The third-order valence-corrected chi connectivity index (χ3v) is 5.27. The molecular formula is C20H24N4O4. The van der Waals surface area contributed by atoms with E-state index in [1.165, 1.54) is 0 Å². The smallest absolute Gasteiger partial charge is 0.255 e. The van der Waals surface area contributed by atoms with Gasteiger partial charge >= 0.3 is 0 Å². The normalized spacial score (nSPS) is 19.0. The Hall–Kier alpha value is -2.71. The quantitative estimate of drug-likeness (QED) is 0.647. The fraction of sp³-hybridized carbons (Fsp3) is 0.450. The van der Waals surface area contributed by atoms with E-state index in [0.29, 0.717) is 30.1 Å². The maximum Gasteiger partial charge on any atom is 0.255 e. The van der Waals surface area contributed by atoms with Crippen molar-refractivity contribution in [3.05, 3.63) is 47.2 Å². The molecule has 0 radical (unpaired) electrons. The Bertz CT molecular complexity index is 987. The average Bonchev–Trinajstić information content (AvgIpc) is 3.23. The Morgan fingerprint density at radius 2 is 2.21 bits per heavy atom. The minimum absolute atomic E-state index is 0.0777. The highest BCUT2D eigenvalue weighted by molar-refractivity contribution is 6.05. The molecule has 8 nitrogen and oxygen atoms in total. The highest BCUT2D eigenvalue weighted by Gasteiger charge is 2.35. The number of nitrogens with zero attached hydrogens (tertiary/aromatic N) is 3. The van der Waals surface area contributed by atoms with Crippen LogP contribution in [-0.2, 0) is 17.9 Å². The number of carbonyl (C=O) groups is 1. The maximum absolute atomic E-state index is 12.7. The number of para-hydroxylation sites is 1.